The molecule has 0 unspecified atom stereocenters. The van der Waals surface area contributed by atoms with E-state index in [0.29, 0.717) is 6.42 Å². The molecule has 120 valence electrons. The molecule has 5 nitrogen and oxygen atoms in total. The molecule has 2 rings (SSSR count). The van der Waals surface area contributed by atoms with Crippen LogP contribution < -0.4 is 0 Å². The number of carbonyl (C=O) groups is 1. The summed E-state index contributed by atoms with van der Waals surface area (Å²) >= 11 is 7.30. The summed E-state index contributed by atoms with van der Waals surface area (Å²) in [6.07, 6.45) is -3.92. The molecule has 22 heavy (non-hydrogen) atoms. The van der Waals surface area contributed by atoms with E-state index in [9.17, 15) is 18.0 Å². The molecular weight excluding hydrogens is 438 g/mol. The number of alkyl halides is 3. The van der Waals surface area contributed by atoms with Gasteiger partial charge in [-0.2, -0.15) is 18.3 Å². The van der Waals surface area contributed by atoms with Crippen LogP contribution in [0.1, 0.15) is 25.3 Å². The smallest absolute Gasteiger partial charge is 0.436 e. The second kappa shape index (κ2) is 6.57. The number of halogens is 5. The summed E-state index contributed by atoms with van der Waals surface area (Å²) in [5.74, 6) is 0. The van der Waals surface area contributed by atoms with Gasteiger partial charge in [-0.3, -0.25) is 0 Å². The van der Waals surface area contributed by atoms with E-state index in [4.69, 9.17) is 16.3 Å². The average Bonchev–Trinajstić information content (AvgIpc) is 2.73. The highest BCUT2D eigenvalue weighted by atomic mass is 127. The molecule has 2 aromatic rings. The number of hydrogen-bond acceptors (Lipinski definition) is 4. The number of fused-ring (bicyclic) bond motifs is 1. The molecule has 0 fully saturated rings. The number of unbranched alkanes of at least 4 members (excludes halogenated alkanes) is 1. The maximum atomic E-state index is 12.8. The molecule has 0 amide bonds. The fourth-order valence-corrected chi connectivity index (χ4v) is 2.53. The Morgan fingerprint density at radius 3 is 2.77 bits per heavy atom. The molecule has 0 aliphatic heterocycles. The predicted molar refractivity (Wildman–Crippen MR) is 81.9 cm³/mol. The van der Waals surface area contributed by atoms with Crippen molar-refractivity contribution in [3.63, 3.8) is 0 Å². The van der Waals surface area contributed by atoms with Gasteiger partial charge in [-0.15, -0.1) is 4.68 Å². The molecule has 0 aromatic carbocycles. The zero-order valence-corrected chi connectivity index (χ0v) is 14.2. The van der Waals surface area contributed by atoms with Gasteiger partial charge in [0, 0.05) is 0 Å². The first-order valence-corrected chi connectivity index (χ1v) is 7.70. The van der Waals surface area contributed by atoms with Crippen LogP contribution in [0.4, 0.5) is 18.0 Å². The van der Waals surface area contributed by atoms with E-state index in [-0.39, 0.29) is 21.3 Å². The Labute approximate surface area is 141 Å². The number of nitrogens with zero attached hydrogens (tertiary/aromatic N) is 3. The monoisotopic (exact) mass is 447 g/mol. The first kappa shape index (κ1) is 17.3. The number of pyridine rings is 1. The van der Waals surface area contributed by atoms with Crippen molar-refractivity contribution in [2.45, 2.75) is 25.9 Å². The van der Waals surface area contributed by atoms with Crippen molar-refractivity contribution in [3.8, 4) is 0 Å². The summed E-state index contributed by atoms with van der Waals surface area (Å²) in [4.78, 5) is 15.6. The molecule has 0 bridgehead atoms. The highest BCUT2D eigenvalue weighted by Gasteiger charge is 2.35. The van der Waals surface area contributed by atoms with Crippen molar-refractivity contribution in [2.24, 2.45) is 0 Å². The van der Waals surface area contributed by atoms with Crippen molar-refractivity contribution >= 4 is 51.3 Å². The Kier molecular flexibility index (Phi) is 5.15. The predicted octanol–water partition coefficient (Wildman–Crippen LogP) is 4.49. The van der Waals surface area contributed by atoms with Crippen LogP contribution in [-0.4, -0.2) is 27.5 Å². The molecule has 2 aromatic heterocycles. The molecule has 2 heterocycles. The number of ether oxygens (including phenoxy) is 1. The third kappa shape index (κ3) is 3.45. The van der Waals surface area contributed by atoms with E-state index in [0.717, 1.165) is 17.2 Å². The van der Waals surface area contributed by atoms with Crippen LogP contribution in [0.15, 0.2) is 6.07 Å². The van der Waals surface area contributed by atoms with Crippen LogP contribution >= 0.6 is 34.2 Å². The van der Waals surface area contributed by atoms with Crippen molar-refractivity contribution in [1.82, 2.24) is 14.8 Å². The van der Waals surface area contributed by atoms with E-state index < -0.39 is 23.0 Å². The first-order chi connectivity index (χ1) is 10.3. The van der Waals surface area contributed by atoms with E-state index in [2.05, 4.69) is 10.1 Å². The fraction of sp³-hybridized carbons (Fsp3) is 0.417. The van der Waals surface area contributed by atoms with Crippen molar-refractivity contribution in [3.05, 3.63) is 20.5 Å². The SMILES string of the molecule is CCCCOC(=O)n1nc(I)c2cc(C(F)(F)F)c(Cl)nc21. The summed E-state index contributed by atoms with van der Waals surface area (Å²) in [6, 6.07) is 0.829. The molecule has 0 aliphatic rings. The number of aromatic nitrogens is 3. The van der Waals surface area contributed by atoms with Gasteiger partial charge in [0.05, 0.1) is 17.6 Å². The van der Waals surface area contributed by atoms with Crippen molar-refractivity contribution in [1.29, 1.82) is 0 Å². The Balaban J connectivity index is 2.47. The van der Waals surface area contributed by atoms with Gasteiger partial charge in [0.2, 0.25) is 0 Å². The zero-order chi connectivity index (χ0) is 16.5. The lowest BCUT2D eigenvalue weighted by Crippen LogP contribution is -2.16. The molecule has 0 radical (unpaired) electrons. The average molecular weight is 448 g/mol. The van der Waals surface area contributed by atoms with E-state index in [1.54, 1.807) is 22.6 Å². The number of rotatable bonds is 3. The second-order valence-corrected chi connectivity index (χ2v) is 5.75. The minimum Gasteiger partial charge on any atom is -0.448 e. The van der Waals surface area contributed by atoms with Gasteiger partial charge in [-0.25, -0.2) is 9.78 Å². The molecule has 0 N–H and O–H groups in total. The molecule has 0 atom stereocenters. The Morgan fingerprint density at radius 1 is 1.50 bits per heavy atom. The summed E-state index contributed by atoms with van der Waals surface area (Å²) in [6.45, 7) is 2.13. The van der Waals surface area contributed by atoms with Crippen LogP contribution in [0.5, 0.6) is 0 Å². The highest BCUT2D eigenvalue weighted by Crippen LogP contribution is 2.36. The van der Waals surface area contributed by atoms with Crippen LogP contribution in [0.25, 0.3) is 11.0 Å². The summed E-state index contributed by atoms with van der Waals surface area (Å²) in [5.41, 5.74) is -1.14. The van der Waals surface area contributed by atoms with Gasteiger partial charge >= 0.3 is 12.3 Å². The molecule has 0 spiro atoms. The first-order valence-electron chi connectivity index (χ1n) is 6.24. The molecule has 0 aliphatic carbocycles. The Morgan fingerprint density at radius 2 is 2.18 bits per heavy atom. The molecule has 0 saturated heterocycles. The minimum atomic E-state index is -4.63. The molecule has 0 saturated carbocycles. The number of hydrogen-bond donors (Lipinski definition) is 0. The third-order valence-corrected chi connectivity index (χ3v) is 3.85. The second-order valence-electron chi connectivity index (χ2n) is 4.37. The van der Waals surface area contributed by atoms with Gasteiger partial charge in [0.25, 0.3) is 0 Å². The van der Waals surface area contributed by atoms with Gasteiger partial charge in [-0.1, -0.05) is 24.9 Å². The normalized spacial score (nSPS) is 11.9. The summed E-state index contributed by atoms with van der Waals surface area (Å²) in [5, 5.41) is 3.22. The lowest BCUT2D eigenvalue weighted by atomic mass is 10.2. The zero-order valence-electron chi connectivity index (χ0n) is 11.2. The highest BCUT2D eigenvalue weighted by molar-refractivity contribution is 14.1. The Bertz CT molecular complexity index is 718. The lowest BCUT2D eigenvalue weighted by Gasteiger charge is -2.08. The maximum absolute atomic E-state index is 12.8. The van der Waals surface area contributed by atoms with Crippen LogP contribution in [-0.2, 0) is 10.9 Å². The molecule has 10 heteroatoms. The van der Waals surface area contributed by atoms with E-state index in [1.165, 1.54) is 0 Å². The van der Waals surface area contributed by atoms with E-state index in [1.807, 2.05) is 6.92 Å². The van der Waals surface area contributed by atoms with Crippen LogP contribution in [0.3, 0.4) is 0 Å². The topological polar surface area (TPSA) is 57.0 Å². The van der Waals surface area contributed by atoms with Crippen molar-refractivity contribution in [2.75, 3.05) is 6.61 Å². The van der Waals surface area contributed by atoms with Crippen LogP contribution in [0, 0.1) is 3.70 Å². The summed E-state index contributed by atoms with van der Waals surface area (Å²) in [7, 11) is 0. The van der Waals surface area contributed by atoms with Gasteiger partial charge < -0.3 is 4.74 Å². The lowest BCUT2D eigenvalue weighted by molar-refractivity contribution is -0.137. The van der Waals surface area contributed by atoms with Crippen molar-refractivity contribution < 1.29 is 22.7 Å². The molecular formula is C12H10ClF3IN3O2. The third-order valence-electron chi connectivity index (χ3n) is 2.77. The largest absolute Gasteiger partial charge is 0.448 e. The number of carbonyl (C=O) groups excluding carboxylic acids is 1. The fourth-order valence-electron chi connectivity index (χ4n) is 1.68. The standard InChI is InChI=1S/C12H10ClF3IN3O2/c1-2-3-4-22-11(21)20-10-6(9(17)19-20)5-7(8(13)18-10)12(14,15)16/h5H,2-4H2,1H3. The quantitative estimate of drug-likeness (QED) is 0.395. The summed E-state index contributed by atoms with van der Waals surface area (Å²) < 4.78 is 44.5. The maximum Gasteiger partial charge on any atom is 0.436 e. The van der Waals surface area contributed by atoms with E-state index >= 15 is 0 Å². The minimum absolute atomic E-state index is 0.0658. The van der Waals surface area contributed by atoms with Gasteiger partial charge in [0.1, 0.15) is 8.85 Å². The van der Waals surface area contributed by atoms with Gasteiger partial charge in [0.15, 0.2) is 5.65 Å². The Hall–Kier alpha value is -1.10. The van der Waals surface area contributed by atoms with Gasteiger partial charge in [-0.05, 0) is 35.1 Å². The van der Waals surface area contributed by atoms with Crippen LogP contribution in [0.2, 0.25) is 5.15 Å².